The normalized spacial score (nSPS) is 10.6. The Morgan fingerprint density at radius 1 is 1.35 bits per heavy atom. The number of anilines is 1. The van der Waals surface area contributed by atoms with Crippen molar-refractivity contribution in [3.63, 3.8) is 0 Å². The molecule has 0 aromatic heterocycles. The van der Waals surface area contributed by atoms with Gasteiger partial charge in [0.2, 0.25) is 5.91 Å². The van der Waals surface area contributed by atoms with E-state index in [4.69, 9.17) is 11.6 Å². The molecule has 0 aliphatic heterocycles. The zero-order valence-electron chi connectivity index (χ0n) is 10.3. The van der Waals surface area contributed by atoms with Crippen molar-refractivity contribution < 1.29 is 4.79 Å². The molecule has 94 valence electrons. The maximum atomic E-state index is 11.6. The Hall–Kier alpha value is -1.06. The van der Waals surface area contributed by atoms with Crippen LogP contribution >= 0.6 is 11.6 Å². The predicted octanol–water partition coefficient (Wildman–Crippen LogP) is 3.06. The van der Waals surface area contributed by atoms with E-state index in [9.17, 15) is 4.79 Å². The number of para-hydroxylation sites is 1. The minimum absolute atomic E-state index is 0.00339. The van der Waals surface area contributed by atoms with Gasteiger partial charge in [-0.2, -0.15) is 0 Å². The maximum absolute atomic E-state index is 11.6. The van der Waals surface area contributed by atoms with Gasteiger partial charge in [0.15, 0.2) is 0 Å². The van der Waals surface area contributed by atoms with E-state index >= 15 is 0 Å². The second kappa shape index (κ2) is 7.30. The first kappa shape index (κ1) is 14.0. The topological polar surface area (TPSA) is 41.1 Å². The molecule has 0 fully saturated rings. The highest BCUT2D eigenvalue weighted by Crippen LogP contribution is 2.20. The number of hydrogen-bond donors (Lipinski definition) is 2. The lowest BCUT2D eigenvalue weighted by Crippen LogP contribution is -2.24. The molecule has 0 unspecified atom stereocenters. The van der Waals surface area contributed by atoms with Crippen molar-refractivity contribution in [2.24, 2.45) is 0 Å². The summed E-state index contributed by atoms with van der Waals surface area (Å²) in [5.74, 6) is 0.00339. The summed E-state index contributed by atoms with van der Waals surface area (Å²) in [6.07, 6.45) is 1.33. The molecular weight excluding hydrogens is 236 g/mol. The summed E-state index contributed by atoms with van der Waals surface area (Å²) in [7, 11) is 0. The average molecular weight is 255 g/mol. The van der Waals surface area contributed by atoms with E-state index in [1.165, 1.54) is 0 Å². The molecule has 0 heterocycles. The van der Waals surface area contributed by atoms with Crippen LogP contribution in [0.25, 0.3) is 0 Å². The Bertz CT molecular complexity index is 366. The van der Waals surface area contributed by atoms with Crippen LogP contribution in [0.1, 0.15) is 26.7 Å². The Morgan fingerprint density at radius 2 is 2.06 bits per heavy atom. The molecule has 2 N–H and O–H groups in total. The number of halogens is 1. The quantitative estimate of drug-likeness (QED) is 0.766. The fourth-order valence-corrected chi connectivity index (χ4v) is 1.60. The highest BCUT2D eigenvalue weighted by Gasteiger charge is 2.04. The van der Waals surface area contributed by atoms with E-state index < -0.39 is 0 Å². The molecule has 0 bridgehead atoms. The van der Waals surface area contributed by atoms with Crippen LogP contribution < -0.4 is 10.6 Å². The molecule has 0 aliphatic rings. The summed E-state index contributed by atoms with van der Waals surface area (Å²) in [5, 5.41) is 6.64. The Kier molecular flexibility index (Phi) is 6.01. The molecule has 1 aromatic carbocycles. The molecule has 0 saturated heterocycles. The van der Waals surface area contributed by atoms with E-state index in [0.29, 0.717) is 23.2 Å². The van der Waals surface area contributed by atoms with Crippen LogP contribution in [0.5, 0.6) is 0 Å². The molecule has 0 atom stereocenters. The molecule has 1 aromatic rings. The summed E-state index contributed by atoms with van der Waals surface area (Å²) in [5.41, 5.74) is 0.677. The van der Waals surface area contributed by atoms with E-state index in [0.717, 1.165) is 13.0 Å². The number of amides is 1. The van der Waals surface area contributed by atoms with Crippen molar-refractivity contribution in [1.29, 1.82) is 0 Å². The standard InChI is InChI=1S/C13H19ClN2O/c1-10(2)15-9-5-8-13(17)16-12-7-4-3-6-11(12)14/h3-4,6-7,10,15H,5,8-9H2,1-2H3,(H,16,17). The number of nitrogens with one attached hydrogen (secondary N) is 2. The fourth-order valence-electron chi connectivity index (χ4n) is 1.41. The molecular formula is C13H19ClN2O. The van der Waals surface area contributed by atoms with Crippen molar-refractivity contribution in [1.82, 2.24) is 5.32 Å². The highest BCUT2D eigenvalue weighted by atomic mass is 35.5. The lowest BCUT2D eigenvalue weighted by atomic mass is 10.2. The summed E-state index contributed by atoms with van der Waals surface area (Å²) in [6, 6.07) is 7.71. The molecule has 0 saturated carbocycles. The van der Waals surface area contributed by atoms with Crippen LogP contribution in [0.15, 0.2) is 24.3 Å². The van der Waals surface area contributed by atoms with Gasteiger partial charge in [-0.05, 0) is 25.1 Å². The maximum Gasteiger partial charge on any atom is 0.224 e. The van der Waals surface area contributed by atoms with Gasteiger partial charge in [-0.3, -0.25) is 4.79 Å². The van der Waals surface area contributed by atoms with Crippen LogP contribution in [-0.2, 0) is 4.79 Å². The van der Waals surface area contributed by atoms with Gasteiger partial charge >= 0.3 is 0 Å². The third-order valence-electron chi connectivity index (χ3n) is 2.28. The first-order valence-electron chi connectivity index (χ1n) is 5.87. The van der Waals surface area contributed by atoms with Crippen molar-refractivity contribution >= 4 is 23.2 Å². The monoisotopic (exact) mass is 254 g/mol. The first-order chi connectivity index (χ1) is 8.09. The molecule has 4 heteroatoms. The second-order valence-corrected chi connectivity index (χ2v) is 4.65. The second-order valence-electron chi connectivity index (χ2n) is 4.24. The fraction of sp³-hybridized carbons (Fsp3) is 0.462. The molecule has 1 rings (SSSR count). The minimum Gasteiger partial charge on any atom is -0.325 e. The summed E-state index contributed by atoms with van der Waals surface area (Å²) in [4.78, 5) is 11.6. The molecule has 3 nitrogen and oxygen atoms in total. The third-order valence-corrected chi connectivity index (χ3v) is 2.61. The van der Waals surface area contributed by atoms with Crippen LogP contribution in [0.3, 0.4) is 0 Å². The number of hydrogen-bond acceptors (Lipinski definition) is 2. The smallest absolute Gasteiger partial charge is 0.224 e. The lowest BCUT2D eigenvalue weighted by molar-refractivity contribution is -0.116. The number of carbonyl (C=O) groups excluding carboxylic acids is 1. The van der Waals surface area contributed by atoms with Gasteiger partial charge in [0.25, 0.3) is 0 Å². The highest BCUT2D eigenvalue weighted by molar-refractivity contribution is 6.33. The van der Waals surface area contributed by atoms with E-state index in [2.05, 4.69) is 24.5 Å². The Morgan fingerprint density at radius 3 is 2.71 bits per heavy atom. The number of carbonyl (C=O) groups is 1. The van der Waals surface area contributed by atoms with Gasteiger partial charge in [-0.25, -0.2) is 0 Å². The minimum atomic E-state index is 0.00339. The largest absolute Gasteiger partial charge is 0.325 e. The summed E-state index contributed by atoms with van der Waals surface area (Å²) < 4.78 is 0. The van der Waals surface area contributed by atoms with Gasteiger partial charge in [-0.1, -0.05) is 37.6 Å². The van der Waals surface area contributed by atoms with Crippen LogP contribution in [0, 0.1) is 0 Å². The summed E-state index contributed by atoms with van der Waals surface area (Å²) >= 11 is 5.94. The van der Waals surface area contributed by atoms with Crippen LogP contribution in [0.4, 0.5) is 5.69 Å². The van der Waals surface area contributed by atoms with Crippen LogP contribution in [-0.4, -0.2) is 18.5 Å². The van der Waals surface area contributed by atoms with Gasteiger partial charge in [0, 0.05) is 12.5 Å². The van der Waals surface area contributed by atoms with Crippen LogP contribution in [0.2, 0.25) is 5.02 Å². The molecule has 0 aliphatic carbocycles. The predicted molar refractivity (Wildman–Crippen MR) is 72.5 cm³/mol. The van der Waals surface area contributed by atoms with E-state index in [-0.39, 0.29) is 5.91 Å². The van der Waals surface area contributed by atoms with E-state index in [1.54, 1.807) is 12.1 Å². The zero-order valence-corrected chi connectivity index (χ0v) is 11.1. The molecule has 1 amide bonds. The van der Waals surface area contributed by atoms with Crippen molar-refractivity contribution in [2.45, 2.75) is 32.7 Å². The van der Waals surface area contributed by atoms with Crippen molar-refractivity contribution in [3.05, 3.63) is 29.3 Å². The number of rotatable bonds is 6. The van der Waals surface area contributed by atoms with Gasteiger partial charge in [-0.15, -0.1) is 0 Å². The summed E-state index contributed by atoms with van der Waals surface area (Å²) in [6.45, 7) is 5.03. The Balaban J connectivity index is 2.28. The molecule has 0 radical (unpaired) electrons. The van der Waals surface area contributed by atoms with Gasteiger partial charge in [0.05, 0.1) is 10.7 Å². The number of benzene rings is 1. The molecule has 17 heavy (non-hydrogen) atoms. The zero-order chi connectivity index (χ0) is 12.7. The van der Waals surface area contributed by atoms with Gasteiger partial charge in [0.1, 0.15) is 0 Å². The average Bonchev–Trinajstić information content (AvgIpc) is 2.27. The third kappa shape index (κ3) is 5.71. The van der Waals surface area contributed by atoms with Crippen molar-refractivity contribution in [2.75, 3.05) is 11.9 Å². The van der Waals surface area contributed by atoms with Gasteiger partial charge < -0.3 is 10.6 Å². The Labute approximate surface area is 108 Å². The first-order valence-corrected chi connectivity index (χ1v) is 6.25. The lowest BCUT2D eigenvalue weighted by Gasteiger charge is -2.09. The van der Waals surface area contributed by atoms with Crippen molar-refractivity contribution in [3.8, 4) is 0 Å². The SMILES string of the molecule is CC(C)NCCCC(=O)Nc1ccccc1Cl. The molecule has 0 spiro atoms. The van der Waals surface area contributed by atoms with E-state index in [1.807, 2.05) is 12.1 Å².